The molecule has 0 aliphatic rings. The van der Waals surface area contributed by atoms with Crippen molar-refractivity contribution < 1.29 is 9.30 Å². The van der Waals surface area contributed by atoms with Crippen LogP contribution >= 0.6 is 0 Å². The van der Waals surface area contributed by atoms with Crippen LogP contribution in [-0.2, 0) is 21.7 Å². The second-order valence-electron chi connectivity index (χ2n) is 21.7. The van der Waals surface area contributed by atoms with E-state index >= 15 is 0 Å². The van der Waals surface area contributed by atoms with E-state index < -0.39 is 0 Å². The van der Waals surface area contributed by atoms with E-state index in [-0.39, 0.29) is 21.7 Å². The zero-order valence-electron chi connectivity index (χ0n) is 41.7. The molecular weight excluding hydrogens is 841 g/mol. The molecule has 0 aliphatic carbocycles. The van der Waals surface area contributed by atoms with Crippen LogP contribution in [0.15, 0.2) is 194 Å². The van der Waals surface area contributed by atoms with Crippen molar-refractivity contribution in [1.82, 2.24) is 14.1 Å². The van der Waals surface area contributed by atoms with Crippen molar-refractivity contribution in [2.75, 3.05) is 0 Å². The molecule has 10 aromatic rings. The van der Waals surface area contributed by atoms with Gasteiger partial charge in [0.15, 0.2) is 0 Å². The Morgan fingerprint density at radius 1 is 0.464 bits per heavy atom. The summed E-state index contributed by atoms with van der Waals surface area (Å²) in [6.45, 7) is 22.7. The average molecular weight is 903 g/mol. The van der Waals surface area contributed by atoms with Crippen molar-refractivity contribution >= 4 is 21.8 Å². The van der Waals surface area contributed by atoms with Gasteiger partial charge in [0.2, 0.25) is 0 Å². The van der Waals surface area contributed by atoms with Crippen molar-refractivity contribution in [3.05, 3.63) is 234 Å². The van der Waals surface area contributed by atoms with E-state index in [1.807, 2.05) is 6.20 Å². The van der Waals surface area contributed by atoms with Gasteiger partial charge in [0, 0.05) is 40.1 Å². The molecule has 0 radical (unpaired) electrons. The maximum atomic E-state index is 7.12. The second kappa shape index (κ2) is 17.2. The van der Waals surface area contributed by atoms with Gasteiger partial charge in [-0.3, -0.25) is 13.7 Å². The standard InChI is InChI=1S/C64H62N4O/c1-61(2,3)48-33-34-65-60(39-48)68-57-32-29-45(44-21-14-11-15-22-44)35-56(57)55-31-30-53(41-58(55)68)69-54-38-50(64(9,10)47-25-18-13-19-26-47)37-52(40-54)67-43-66(42-59(67)62(4,5)6)51-28-20-27-49(36-51)63(7,8)46-23-16-12-17-24-46/h11-42H,1-10H3. The Bertz CT molecular complexity index is 3470. The van der Waals surface area contributed by atoms with Crippen LogP contribution in [0.3, 0.4) is 0 Å². The van der Waals surface area contributed by atoms with Crippen LogP contribution in [0.5, 0.6) is 11.5 Å². The molecule has 0 atom stereocenters. The zero-order valence-corrected chi connectivity index (χ0v) is 41.7. The summed E-state index contributed by atoms with van der Waals surface area (Å²) < 4.78 is 13.8. The number of imidazole rings is 1. The third kappa shape index (κ3) is 8.67. The molecule has 0 spiro atoms. The lowest BCUT2D eigenvalue weighted by molar-refractivity contribution is -0.599. The normalized spacial score (nSPS) is 12.5. The minimum Gasteiger partial charge on any atom is -0.458 e. The zero-order chi connectivity index (χ0) is 48.3. The van der Waals surface area contributed by atoms with Gasteiger partial charge in [-0.05, 0) is 117 Å². The van der Waals surface area contributed by atoms with Crippen molar-refractivity contribution in [2.24, 2.45) is 0 Å². The van der Waals surface area contributed by atoms with Gasteiger partial charge in [-0.15, -0.1) is 0 Å². The molecule has 344 valence electrons. The summed E-state index contributed by atoms with van der Waals surface area (Å²) in [7, 11) is 0. The quantitative estimate of drug-likeness (QED) is 0.101. The highest BCUT2D eigenvalue weighted by Crippen LogP contribution is 2.41. The summed E-state index contributed by atoms with van der Waals surface area (Å²) in [6, 6.07) is 65.2. The molecule has 0 bridgehead atoms. The predicted octanol–water partition coefficient (Wildman–Crippen LogP) is 15.8. The van der Waals surface area contributed by atoms with Crippen LogP contribution in [0.2, 0.25) is 0 Å². The lowest BCUT2D eigenvalue weighted by atomic mass is 9.78. The van der Waals surface area contributed by atoms with E-state index in [1.54, 1.807) is 0 Å². The Kier molecular flexibility index (Phi) is 11.3. The van der Waals surface area contributed by atoms with Crippen molar-refractivity contribution in [3.8, 4) is 39.8 Å². The lowest BCUT2D eigenvalue weighted by Crippen LogP contribution is -2.29. The maximum Gasteiger partial charge on any atom is 0.269 e. The first-order valence-corrected chi connectivity index (χ1v) is 24.2. The third-order valence-corrected chi connectivity index (χ3v) is 14.1. The number of aromatic nitrogens is 4. The first-order chi connectivity index (χ1) is 32.9. The first-order valence-electron chi connectivity index (χ1n) is 24.2. The Morgan fingerprint density at radius 2 is 1.12 bits per heavy atom. The Balaban J connectivity index is 1.13. The summed E-state index contributed by atoms with van der Waals surface area (Å²) in [4.78, 5) is 5.00. The highest BCUT2D eigenvalue weighted by atomic mass is 16.5. The van der Waals surface area contributed by atoms with Crippen LogP contribution in [0.4, 0.5) is 0 Å². The Labute approximate surface area is 408 Å². The van der Waals surface area contributed by atoms with Crippen LogP contribution in [0, 0.1) is 6.33 Å². The largest absolute Gasteiger partial charge is 0.458 e. The summed E-state index contributed by atoms with van der Waals surface area (Å²) in [5.74, 6) is 2.36. The molecule has 0 unspecified atom stereocenters. The van der Waals surface area contributed by atoms with Gasteiger partial charge in [-0.25, -0.2) is 4.98 Å². The van der Waals surface area contributed by atoms with Gasteiger partial charge in [0.25, 0.3) is 6.33 Å². The van der Waals surface area contributed by atoms with Gasteiger partial charge < -0.3 is 4.74 Å². The topological polar surface area (TPSA) is 35.9 Å². The molecule has 3 aromatic heterocycles. The van der Waals surface area contributed by atoms with E-state index in [2.05, 4.69) is 277 Å². The van der Waals surface area contributed by atoms with Crippen molar-refractivity contribution in [2.45, 2.75) is 90.9 Å². The van der Waals surface area contributed by atoms with Crippen LogP contribution in [0.25, 0.3) is 50.1 Å². The summed E-state index contributed by atoms with van der Waals surface area (Å²) in [5, 5.41) is 2.30. The minimum absolute atomic E-state index is 0.0476. The fourth-order valence-corrected chi connectivity index (χ4v) is 9.71. The highest BCUT2D eigenvalue weighted by molar-refractivity contribution is 6.10. The molecule has 0 amide bonds. The SMILES string of the molecule is CC(C)(C)c1ccnc(-n2c3ccc(-c4ccccc4)cc3c3ccc(Oc4cc(-n5[c-][n+](-c6cccc(C(C)(C)c7ccccc7)c6)cc5C(C)(C)C)cc(C(C)(C)c5ccccc5)c4)cc32)c1. The van der Waals surface area contributed by atoms with Crippen molar-refractivity contribution in [1.29, 1.82) is 0 Å². The second-order valence-corrected chi connectivity index (χ2v) is 21.7. The van der Waals surface area contributed by atoms with Crippen molar-refractivity contribution in [3.63, 3.8) is 0 Å². The molecule has 5 heteroatoms. The van der Waals surface area contributed by atoms with Gasteiger partial charge >= 0.3 is 0 Å². The van der Waals surface area contributed by atoms with E-state index in [0.717, 1.165) is 61.8 Å². The number of hydrogen-bond donors (Lipinski definition) is 0. The number of nitrogens with zero attached hydrogens (tertiary/aromatic N) is 4. The Hall–Kier alpha value is -7.50. The lowest BCUT2D eigenvalue weighted by Gasteiger charge is -2.28. The van der Waals surface area contributed by atoms with E-state index in [0.29, 0.717) is 0 Å². The third-order valence-electron chi connectivity index (χ3n) is 14.1. The molecule has 10 rings (SSSR count). The maximum absolute atomic E-state index is 7.12. The number of fused-ring (bicyclic) bond motifs is 3. The summed E-state index contributed by atoms with van der Waals surface area (Å²) in [5.41, 5.74) is 12.9. The molecule has 0 saturated carbocycles. The molecule has 5 nitrogen and oxygen atoms in total. The molecule has 0 N–H and O–H groups in total. The van der Waals surface area contributed by atoms with E-state index in [4.69, 9.17) is 9.72 Å². The van der Waals surface area contributed by atoms with Crippen LogP contribution < -0.4 is 9.30 Å². The van der Waals surface area contributed by atoms with Gasteiger partial charge in [0.05, 0.1) is 28.1 Å². The molecule has 3 heterocycles. The van der Waals surface area contributed by atoms with Gasteiger partial charge in [0.1, 0.15) is 17.3 Å². The van der Waals surface area contributed by atoms with E-state index in [9.17, 15) is 0 Å². The van der Waals surface area contributed by atoms with Gasteiger partial charge in [-0.2, -0.15) is 0 Å². The van der Waals surface area contributed by atoms with Gasteiger partial charge in [-0.1, -0.05) is 178 Å². The molecular formula is C64H62N4O. The average Bonchev–Trinajstić information content (AvgIpc) is 3.95. The number of ether oxygens (including phenoxy) is 1. The number of rotatable bonds is 10. The summed E-state index contributed by atoms with van der Waals surface area (Å²) >= 11 is 0. The smallest absolute Gasteiger partial charge is 0.269 e. The molecule has 0 saturated heterocycles. The van der Waals surface area contributed by atoms with Crippen LogP contribution in [0.1, 0.15) is 103 Å². The number of hydrogen-bond acceptors (Lipinski definition) is 2. The van der Waals surface area contributed by atoms with Crippen LogP contribution in [-0.4, -0.2) is 14.1 Å². The molecule has 0 fully saturated rings. The van der Waals surface area contributed by atoms with E-state index in [1.165, 1.54) is 33.4 Å². The predicted molar refractivity (Wildman–Crippen MR) is 285 cm³/mol. The summed E-state index contributed by atoms with van der Waals surface area (Å²) in [6.07, 6.45) is 7.99. The molecule has 69 heavy (non-hydrogen) atoms. The highest BCUT2D eigenvalue weighted by Gasteiger charge is 2.29. The number of benzene rings is 7. The monoisotopic (exact) mass is 902 g/mol. The fourth-order valence-electron chi connectivity index (χ4n) is 9.71. The molecule has 0 aliphatic heterocycles. The Morgan fingerprint density at radius 3 is 1.78 bits per heavy atom. The first kappa shape index (κ1) is 45.3. The minimum atomic E-state index is -0.353. The molecule has 7 aromatic carbocycles. The number of pyridine rings is 1. The fraction of sp³-hybridized carbons (Fsp3) is 0.219.